The van der Waals surface area contributed by atoms with Crippen LogP contribution in [0.2, 0.25) is 5.15 Å². The van der Waals surface area contributed by atoms with Crippen molar-refractivity contribution in [3.05, 3.63) is 17.5 Å². The molecule has 3 rings (SSSR count). The third kappa shape index (κ3) is 2.96. The molecule has 0 aromatic carbocycles. The number of carbonyl (C=O) groups excluding carboxylic acids is 1. The predicted octanol–water partition coefficient (Wildman–Crippen LogP) is 2.38. The average molecular weight is 331 g/mol. The Balaban J connectivity index is 1.77. The highest BCUT2D eigenvalue weighted by Gasteiger charge is 2.22. The van der Waals surface area contributed by atoms with Gasteiger partial charge in [-0.15, -0.1) is 0 Å². The van der Waals surface area contributed by atoms with E-state index in [1.807, 2.05) is 0 Å². The number of nitrogens with one attached hydrogen (secondary N) is 1. The fraction of sp³-hybridized carbons (Fsp3) is 0.462. The number of hydrogen-bond donors (Lipinski definition) is 1. The molecule has 9 heteroatoms. The summed E-state index contributed by atoms with van der Waals surface area (Å²) in [5.74, 6) is 0.226. The molecule has 2 aromatic heterocycles. The third-order valence-electron chi connectivity index (χ3n) is 3.53. The summed E-state index contributed by atoms with van der Waals surface area (Å²) in [6.45, 7) is -1.88. The lowest BCUT2D eigenvalue weighted by Crippen LogP contribution is -2.14. The molecule has 22 heavy (non-hydrogen) atoms. The molecule has 0 spiro atoms. The predicted molar refractivity (Wildman–Crippen MR) is 75.0 cm³/mol. The van der Waals surface area contributed by atoms with Gasteiger partial charge in [-0.05, 0) is 12.3 Å². The molecule has 0 bridgehead atoms. The van der Waals surface area contributed by atoms with Crippen LogP contribution in [0.15, 0.2) is 12.4 Å². The molecule has 2 aromatic rings. The molecule has 1 atom stereocenters. The van der Waals surface area contributed by atoms with E-state index < -0.39 is 6.55 Å². The lowest BCUT2D eigenvalue weighted by atomic mass is 10.1. The van der Waals surface area contributed by atoms with Crippen LogP contribution in [-0.2, 0) is 4.79 Å². The number of fused-ring (bicyclic) bond motifs is 1. The number of amides is 1. The standard InChI is InChI=1S/C13H13ClF2N4O2/c14-9-4-8-11(20(6-18-8)13(15)16)12(19-9)22-2-1-7-3-10(21)17-5-7/h4,6-7,13H,1-3,5H2,(H,17,21)/t7-/m1/s1. The number of alkyl halides is 2. The molecule has 1 saturated heterocycles. The summed E-state index contributed by atoms with van der Waals surface area (Å²) in [5.41, 5.74) is 0.410. The van der Waals surface area contributed by atoms with Gasteiger partial charge >= 0.3 is 6.55 Å². The van der Waals surface area contributed by atoms with E-state index in [0.717, 1.165) is 6.33 Å². The molecule has 1 aliphatic heterocycles. The molecule has 3 heterocycles. The Morgan fingerprint density at radius 1 is 1.55 bits per heavy atom. The molecule has 6 nitrogen and oxygen atoms in total. The van der Waals surface area contributed by atoms with Crippen molar-refractivity contribution in [2.75, 3.05) is 13.2 Å². The van der Waals surface area contributed by atoms with Crippen LogP contribution in [0.3, 0.4) is 0 Å². The van der Waals surface area contributed by atoms with Crippen LogP contribution in [0, 0.1) is 5.92 Å². The summed E-state index contributed by atoms with van der Waals surface area (Å²) in [4.78, 5) is 19.0. The Morgan fingerprint density at radius 3 is 3.05 bits per heavy atom. The number of nitrogens with zero attached hydrogens (tertiary/aromatic N) is 3. The Bertz CT molecular complexity index is 707. The van der Waals surface area contributed by atoms with E-state index >= 15 is 0 Å². The smallest absolute Gasteiger partial charge is 0.320 e. The van der Waals surface area contributed by atoms with E-state index in [4.69, 9.17) is 16.3 Å². The maximum atomic E-state index is 13.0. The van der Waals surface area contributed by atoms with Crippen molar-refractivity contribution < 1.29 is 18.3 Å². The lowest BCUT2D eigenvalue weighted by Gasteiger charge is -2.11. The fourth-order valence-electron chi connectivity index (χ4n) is 2.44. The monoisotopic (exact) mass is 330 g/mol. The Morgan fingerprint density at radius 2 is 2.36 bits per heavy atom. The maximum Gasteiger partial charge on any atom is 0.320 e. The summed E-state index contributed by atoms with van der Waals surface area (Å²) in [5, 5.41) is 2.86. The van der Waals surface area contributed by atoms with Crippen molar-refractivity contribution in [3.63, 3.8) is 0 Å². The molecular formula is C13H13ClF2N4O2. The minimum Gasteiger partial charge on any atom is -0.476 e. The summed E-state index contributed by atoms with van der Waals surface area (Å²) >= 11 is 5.86. The number of hydrogen-bond acceptors (Lipinski definition) is 4. The molecule has 1 N–H and O–H groups in total. The second kappa shape index (κ2) is 6.04. The van der Waals surface area contributed by atoms with Crippen molar-refractivity contribution in [1.29, 1.82) is 0 Å². The first-order valence-corrected chi connectivity index (χ1v) is 7.13. The van der Waals surface area contributed by atoms with Crippen molar-refractivity contribution >= 4 is 28.5 Å². The van der Waals surface area contributed by atoms with E-state index in [9.17, 15) is 13.6 Å². The largest absolute Gasteiger partial charge is 0.476 e. The zero-order valence-corrected chi connectivity index (χ0v) is 12.2. The zero-order chi connectivity index (χ0) is 15.7. The van der Waals surface area contributed by atoms with Gasteiger partial charge < -0.3 is 10.1 Å². The van der Waals surface area contributed by atoms with Crippen LogP contribution in [0.1, 0.15) is 19.4 Å². The van der Waals surface area contributed by atoms with Crippen LogP contribution < -0.4 is 10.1 Å². The summed E-state index contributed by atoms with van der Waals surface area (Å²) in [6.07, 6.45) is 2.10. The average Bonchev–Trinajstić information content (AvgIpc) is 3.05. The van der Waals surface area contributed by atoms with Gasteiger partial charge in [0.05, 0.1) is 12.1 Å². The Kier molecular flexibility index (Phi) is 4.10. The van der Waals surface area contributed by atoms with Gasteiger partial charge in [0.1, 0.15) is 17.0 Å². The van der Waals surface area contributed by atoms with Gasteiger partial charge in [0.2, 0.25) is 11.8 Å². The molecule has 0 saturated carbocycles. The van der Waals surface area contributed by atoms with Crippen molar-refractivity contribution in [2.45, 2.75) is 19.4 Å². The maximum absolute atomic E-state index is 13.0. The molecule has 1 fully saturated rings. The summed E-state index contributed by atoms with van der Waals surface area (Å²) < 4.78 is 32.2. The Hall–Kier alpha value is -1.96. The van der Waals surface area contributed by atoms with E-state index in [1.54, 1.807) is 0 Å². The number of ether oxygens (including phenoxy) is 1. The second-order valence-corrected chi connectivity index (χ2v) is 5.45. The first kappa shape index (κ1) is 15.0. The molecule has 118 valence electrons. The van der Waals surface area contributed by atoms with Crippen LogP contribution in [0.4, 0.5) is 8.78 Å². The van der Waals surface area contributed by atoms with Crippen molar-refractivity contribution in [2.24, 2.45) is 5.92 Å². The number of carbonyl (C=O) groups is 1. The number of rotatable bonds is 5. The van der Waals surface area contributed by atoms with E-state index in [-0.39, 0.29) is 35.0 Å². The van der Waals surface area contributed by atoms with Gasteiger partial charge in [-0.25, -0.2) is 4.98 Å². The van der Waals surface area contributed by atoms with Crippen LogP contribution in [0.25, 0.3) is 11.0 Å². The number of pyridine rings is 1. The van der Waals surface area contributed by atoms with Crippen molar-refractivity contribution in [1.82, 2.24) is 19.9 Å². The quantitative estimate of drug-likeness (QED) is 0.855. The highest BCUT2D eigenvalue weighted by atomic mass is 35.5. The van der Waals surface area contributed by atoms with Crippen LogP contribution in [0.5, 0.6) is 5.88 Å². The fourth-order valence-corrected chi connectivity index (χ4v) is 2.62. The first-order valence-electron chi connectivity index (χ1n) is 6.75. The third-order valence-corrected chi connectivity index (χ3v) is 3.72. The zero-order valence-electron chi connectivity index (χ0n) is 11.4. The lowest BCUT2D eigenvalue weighted by molar-refractivity contribution is -0.119. The van der Waals surface area contributed by atoms with Crippen LogP contribution >= 0.6 is 11.6 Å². The minimum atomic E-state index is -2.74. The van der Waals surface area contributed by atoms with Gasteiger partial charge in [0.25, 0.3) is 0 Å². The molecule has 1 aliphatic rings. The molecule has 0 aliphatic carbocycles. The van der Waals surface area contributed by atoms with Crippen molar-refractivity contribution in [3.8, 4) is 5.88 Å². The van der Waals surface area contributed by atoms with Gasteiger partial charge in [-0.2, -0.15) is 13.8 Å². The van der Waals surface area contributed by atoms with Gasteiger partial charge in [0, 0.05) is 19.0 Å². The first-order chi connectivity index (χ1) is 10.5. The number of halogens is 3. The SMILES string of the molecule is O=C1C[C@@H](CCOc2nc(Cl)cc3ncn(C(F)F)c23)CN1. The molecule has 0 radical (unpaired) electrons. The topological polar surface area (TPSA) is 69.0 Å². The second-order valence-electron chi connectivity index (χ2n) is 5.06. The Labute approximate surface area is 129 Å². The number of aromatic nitrogens is 3. The normalized spacial score (nSPS) is 18.2. The highest BCUT2D eigenvalue weighted by Crippen LogP contribution is 2.29. The number of imidazole rings is 1. The van der Waals surface area contributed by atoms with E-state index in [1.165, 1.54) is 6.07 Å². The van der Waals surface area contributed by atoms with Crippen LogP contribution in [-0.4, -0.2) is 33.6 Å². The summed E-state index contributed by atoms with van der Waals surface area (Å²) in [7, 11) is 0. The minimum absolute atomic E-state index is 0.0176. The summed E-state index contributed by atoms with van der Waals surface area (Å²) in [6, 6.07) is 1.40. The highest BCUT2D eigenvalue weighted by molar-refractivity contribution is 6.30. The molecule has 1 amide bonds. The van der Waals surface area contributed by atoms with Gasteiger partial charge in [-0.3, -0.25) is 9.36 Å². The molecule has 0 unspecified atom stereocenters. The van der Waals surface area contributed by atoms with Gasteiger partial charge in [-0.1, -0.05) is 11.6 Å². The molecular weight excluding hydrogens is 318 g/mol. The van der Waals surface area contributed by atoms with Gasteiger partial charge in [0.15, 0.2) is 0 Å². The van der Waals surface area contributed by atoms with E-state index in [0.29, 0.717) is 29.5 Å². The van der Waals surface area contributed by atoms with E-state index in [2.05, 4.69) is 15.3 Å².